The van der Waals surface area contributed by atoms with E-state index in [1.807, 2.05) is 6.92 Å². The monoisotopic (exact) mass is 468 g/mol. The molecule has 3 amide bonds. The van der Waals surface area contributed by atoms with Crippen LogP contribution < -0.4 is 9.47 Å². The quantitative estimate of drug-likeness (QED) is 0.594. The molecule has 2 heterocycles. The van der Waals surface area contributed by atoms with E-state index >= 15 is 0 Å². The Morgan fingerprint density at radius 1 is 1.25 bits per heavy atom. The van der Waals surface area contributed by atoms with Crippen molar-refractivity contribution in [1.82, 2.24) is 9.80 Å². The van der Waals surface area contributed by atoms with Crippen LogP contribution in [0.2, 0.25) is 0 Å². The molecule has 150 valence electrons. The first kappa shape index (κ1) is 20.7. The maximum atomic E-state index is 12.7. The van der Waals surface area contributed by atoms with Crippen LogP contribution in [0.3, 0.4) is 0 Å². The highest BCUT2D eigenvalue weighted by Gasteiger charge is 2.37. The minimum absolute atomic E-state index is 0.190. The third-order valence-electron chi connectivity index (χ3n) is 4.50. The number of thioether (sulfide) groups is 1. The second-order valence-electron chi connectivity index (χ2n) is 6.31. The van der Waals surface area contributed by atoms with E-state index in [1.54, 1.807) is 23.1 Å². The van der Waals surface area contributed by atoms with Crippen molar-refractivity contribution in [1.29, 1.82) is 0 Å². The number of ether oxygens (including phenoxy) is 2. The number of hydrogen-bond acceptors (Lipinski definition) is 6. The van der Waals surface area contributed by atoms with Crippen molar-refractivity contribution in [3.8, 4) is 11.5 Å². The van der Waals surface area contributed by atoms with Crippen molar-refractivity contribution in [3.05, 3.63) is 27.1 Å². The topological polar surface area (TPSA) is 76.2 Å². The third kappa shape index (κ3) is 4.35. The number of halogens is 1. The van der Waals surface area contributed by atoms with Gasteiger partial charge >= 0.3 is 0 Å². The molecule has 0 saturated carbocycles. The van der Waals surface area contributed by atoms with Gasteiger partial charge in [0.05, 0.1) is 18.6 Å². The van der Waals surface area contributed by atoms with E-state index < -0.39 is 11.1 Å². The summed E-state index contributed by atoms with van der Waals surface area (Å²) in [6.07, 6.45) is 3.54. The highest BCUT2D eigenvalue weighted by atomic mass is 79.9. The Balaban J connectivity index is 1.80. The Labute approximate surface area is 176 Å². The molecule has 28 heavy (non-hydrogen) atoms. The molecule has 0 radical (unpaired) electrons. The van der Waals surface area contributed by atoms with Gasteiger partial charge in [-0.3, -0.25) is 19.3 Å². The molecular formula is C19H21BrN2O5S. The normalized spacial score (nSPS) is 18.3. The van der Waals surface area contributed by atoms with Gasteiger partial charge in [0.25, 0.3) is 11.1 Å². The maximum absolute atomic E-state index is 12.7. The van der Waals surface area contributed by atoms with Crippen molar-refractivity contribution in [2.75, 3.05) is 33.4 Å². The Kier molecular flexibility index (Phi) is 6.66. The fourth-order valence-electron chi connectivity index (χ4n) is 3.07. The number of imide groups is 1. The zero-order valence-electron chi connectivity index (χ0n) is 15.7. The first-order valence-electron chi connectivity index (χ1n) is 8.98. The number of amides is 3. The minimum Gasteiger partial charge on any atom is -0.493 e. The lowest BCUT2D eigenvalue weighted by atomic mass is 10.2. The lowest BCUT2D eigenvalue weighted by Crippen LogP contribution is -2.40. The summed E-state index contributed by atoms with van der Waals surface area (Å²) in [6, 6.07) is 3.49. The van der Waals surface area contributed by atoms with Crippen molar-refractivity contribution >= 4 is 50.8 Å². The van der Waals surface area contributed by atoms with Crippen LogP contribution in [0.4, 0.5) is 4.79 Å². The van der Waals surface area contributed by atoms with E-state index in [-0.39, 0.29) is 17.4 Å². The van der Waals surface area contributed by atoms with E-state index in [0.29, 0.717) is 41.2 Å². The summed E-state index contributed by atoms with van der Waals surface area (Å²) in [7, 11) is 1.54. The zero-order valence-corrected chi connectivity index (χ0v) is 18.1. The highest BCUT2D eigenvalue weighted by molar-refractivity contribution is 9.10. The van der Waals surface area contributed by atoms with E-state index in [1.165, 1.54) is 7.11 Å². The number of likely N-dealkylation sites (tertiary alicyclic amines) is 1. The molecule has 0 spiro atoms. The molecule has 1 aromatic carbocycles. The number of nitrogens with zero attached hydrogens (tertiary/aromatic N) is 2. The summed E-state index contributed by atoms with van der Waals surface area (Å²) in [5, 5.41) is -0.433. The van der Waals surface area contributed by atoms with Crippen LogP contribution in [0.1, 0.15) is 25.3 Å². The van der Waals surface area contributed by atoms with Gasteiger partial charge in [0, 0.05) is 17.6 Å². The lowest BCUT2D eigenvalue weighted by Gasteiger charge is -2.18. The Morgan fingerprint density at radius 3 is 2.61 bits per heavy atom. The van der Waals surface area contributed by atoms with Gasteiger partial charge in [-0.15, -0.1) is 0 Å². The van der Waals surface area contributed by atoms with Gasteiger partial charge in [-0.05, 0) is 55.3 Å². The van der Waals surface area contributed by atoms with Crippen LogP contribution in [0.15, 0.2) is 21.5 Å². The van der Waals surface area contributed by atoms with E-state index in [0.717, 1.165) is 29.5 Å². The van der Waals surface area contributed by atoms with Crippen LogP contribution in [0, 0.1) is 0 Å². The fourth-order valence-corrected chi connectivity index (χ4v) is 4.33. The number of rotatable bonds is 6. The van der Waals surface area contributed by atoms with Crippen molar-refractivity contribution in [2.24, 2.45) is 0 Å². The first-order valence-corrected chi connectivity index (χ1v) is 10.6. The predicted molar refractivity (Wildman–Crippen MR) is 110 cm³/mol. The maximum Gasteiger partial charge on any atom is 0.294 e. The molecular weight excluding hydrogens is 448 g/mol. The van der Waals surface area contributed by atoms with Crippen molar-refractivity contribution in [2.45, 2.75) is 19.8 Å². The molecule has 3 rings (SSSR count). The number of hydrogen-bond donors (Lipinski definition) is 0. The summed E-state index contributed by atoms with van der Waals surface area (Å²) >= 11 is 4.30. The second kappa shape index (κ2) is 9.00. The van der Waals surface area contributed by atoms with Crippen molar-refractivity contribution < 1.29 is 23.9 Å². The number of carbonyl (C=O) groups excluding carboxylic acids is 3. The lowest BCUT2D eigenvalue weighted by molar-refractivity contribution is -0.135. The van der Waals surface area contributed by atoms with Crippen molar-refractivity contribution in [3.63, 3.8) is 0 Å². The average Bonchev–Trinajstić information content (AvgIpc) is 3.29. The average molecular weight is 469 g/mol. The van der Waals surface area contributed by atoms with Gasteiger partial charge in [0.2, 0.25) is 5.91 Å². The molecule has 1 aromatic rings. The molecule has 2 fully saturated rings. The second-order valence-corrected chi connectivity index (χ2v) is 8.16. The predicted octanol–water partition coefficient (Wildman–Crippen LogP) is 3.52. The van der Waals surface area contributed by atoms with Gasteiger partial charge in [0.15, 0.2) is 11.5 Å². The molecule has 2 aliphatic heterocycles. The molecule has 2 saturated heterocycles. The standard InChI is InChI=1S/C19H21BrN2O5S/c1-3-27-15-10-13(20)12(8-14(15)26-2)9-16-18(24)22(19(25)28-16)11-17(23)21-6-4-5-7-21/h8-10H,3-7,11H2,1-2H3/b16-9-. The van der Waals surface area contributed by atoms with Crippen LogP contribution >= 0.6 is 27.7 Å². The Bertz CT molecular complexity index is 836. The van der Waals surface area contributed by atoms with E-state index in [4.69, 9.17) is 9.47 Å². The number of benzene rings is 1. The molecule has 7 nitrogen and oxygen atoms in total. The van der Waals surface area contributed by atoms with E-state index in [2.05, 4.69) is 15.9 Å². The SMILES string of the molecule is CCOc1cc(Br)c(/C=C2\SC(=O)N(CC(=O)N3CCCC3)C2=O)cc1OC. The summed E-state index contributed by atoms with van der Waals surface area (Å²) in [5.74, 6) is 0.463. The first-order chi connectivity index (χ1) is 13.4. The van der Waals surface area contributed by atoms with Crippen LogP contribution in [0.5, 0.6) is 11.5 Å². The summed E-state index contributed by atoms with van der Waals surface area (Å²) in [5.41, 5.74) is 0.677. The minimum atomic E-state index is -0.456. The molecule has 2 aliphatic rings. The molecule has 0 N–H and O–H groups in total. The largest absolute Gasteiger partial charge is 0.493 e. The molecule has 0 aromatic heterocycles. The molecule has 0 unspecified atom stereocenters. The van der Waals surface area contributed by atoms with Crippen LogP contribution in [-0.2, 0) is 9.59 Å². The summed E-state index contributed by atoms with van der Waals surface area (Å²) in [6.45, 7) is 3.52. The summed E-state index contributed by atoms with van der Waals surface area (Å²) < 4.78 is 11.6. The molecule has 0 aliphatic carbocycles. The number of carbonyl (C=O) groups is 3. The smallest absolute Gasteiger partial charge is 0.294 e. The Hall–Kier alpha value is -2.00. The molecule has 9 heteroatoms. The third-order valence-corrected chi connectivity index (χ3v) is 6.09. The summed E-state index contributed by atoms with van der Waals surface area (Å²) in [4.78, 5) is 40.2. The number of methoxy groups -OCH3 is 1. The zero-order chi connectivity index (χ0) is 20.3. The molecule has 0 atom stereocenters. The van der Waals surface area contributed by atoms with Gasteiger partial charge in [-0.2, -0.15) is 0 Å². The van der Waals surface area contributed by atoms with Gasteiger partial charge in [0.1, 0.15) is 6.54 Å². The Morgan fingerprint density at radius 2 is 1.96 bits per heavy atom. The van der Waals surface area contributed by atoms with Gasteiger partial charge in [-0.1, -0.05) is 15.9 Å². The van der Waals surface area contributed by atoms with E-state index in [9.17, 15) is 14.4 Å². The molecule has 0 bridgehead atoms. The van der Waals surface area contributed by atoms with Crippen LogP contribution in [-0.4, -0.2) is 60.2 Å². The fraction of sp³-hybridized carbons (Fsp3) is 0.421. The highest BCUT2D eigenvalue weighted by Crippen LogP contribution is 2.38. The van der Waals surface area contributed by atoms with Gasteiger partial charge < -0.3 is 14.4 Å². The van der Waals surface area contributed by atoms with Crippen LogP contribution in [0.25, 0.3) is 6.08 Å². The van der Waals surface area contributed by atoms with Gasteiger partial charge in [-0.25, -0.2) is 0 Å².